The maximum Gasteiger partial charge on any atom is 0.274 e. The lowest BCUT2D eigenvalue weighted by Crippen LogP contribution is -2.52. The summed E-state index contributed by atoms with van der Waals surface area (Å²) in [5.74, 6) is 0.294. The quantitative estimate of drug-likeness (QED) is 0.600. The zero-order valence-electron chi connectivity index (χ0n) is 16.9. The van der Waals surface area contributed by atoms with Crippen molar-refractivity contribution in [3.05, 3.63) is 17.0 Å². The van der Waals surface area contributed by atoms with E-state index in [-0.39, 0.29) is 54.8 Å². The van der Waals surface area contributed by atoms with Crippen LogP contribution in [-0.4, -0.2) is 64.7 Å². The fourth-order valence-electron chi connectivity index (χ4n) is 5.51. The molecule has 2 heterocycles. The molecular formula is C21H28N4O5. The minimum atomic E-state index is -0.294. The number of rotatable bonds is 6. The van der Waals surface area contributed by atoms with Crippen molar-refractivity contribution in [3.63, 3.8) is 0 Å². The lowest BCUT2D eigenvalue weighted by molar-refractivity contribution is -0.136. The average molecular weight is 416 g/mol. The van der Waals surface area contributed by atoms with Crippen LogP contribution in [0.4, 0.5) is 0 Å². The van der Waals surface area contributed by atoms with Gasteiger partial charge in [0.25, 0.3) is 5.91 Å². The van der Waals surface area contributed by atoms with Crippen LogP contribution in [0, 0.1) is 17.8 Å². The van der Waals surface area contributed by atoms with E-state index < -0.39 is 0 Å². The van der Waals surface area contributed by atoms with Gasteiger partial charge in [-0.15, -0.1) is 0 Å². The van der Waals surface area contributed by atoms with Gasteiger partial charge in [-0.1, -0.05) is 5.16 Å². The summed E-state index contributed by atoms with van der Waals surface area (Å²) in [6.45, 7) is 0.810. The third-order valence-corrected chi connectivity index (χ3v) is 7.10. The van der Waals surface area contributed by atoms with Crippen LogP contribution in [0.2, 0.25) is 0 Å². The van der Waals surface area contributed by atoms with E-state index in [2.05, 4.69) is 15.8 Å². The first kappa shape index (κ1) is 19.5. The van der Waals surface area contributed by atoms with Crippen molar-refractivity contribution in [2.45, 2.75) is 57.0 Å². The molecule has 3 fully saturated rings. The highest BCUT2D eigenvalue weighted by Gasteiger charge is 2.55. The molecule has 2 bridgehead atoms. The Hall–Kier alpha value is -2.42. The first-order valence-electron chi connectivity index (χ1n) is 11.0. The molecule has 0 spiro atoms. The van der Waals surface area contributed by atoms with Gasteiger partial charge in [-0.3, -0.25) is 14.4 Å². The summed E-state index contributed by atoms with van der Waals surface area (Å²) in [5.41, 5.74) is 1.33. The molecule has 1 aliphatic heterocycles. The van der Waals surface area contributed by atoms with E-state index in [4.69, 9.17) is 9.63 Å². The molecule has 3 N–H and O–H groups in total. The van der Waals surface area contributed by atoms with E-state index in [1.165, 1.54) is 0 Å². The van der Waals surface area contributed by atoms with Crippen LogP contribution in [0.1, 0.15) is 53.9 Å². The molecule has 5 rings (SSSR count). The van der Waals surface area contributed by atoms with Gasteiger partial charge in [0, 0.05) is 31.1 Å². The molecule has 0 unspecified atom stereocenters. The number of hydrogen-bond donors (Lipinski definition) is 3. The molecule has 9 heteroatoms. The number of nitrogens with one attached hydrogen (secondary N) is 2. The summed E-state index contributed by atoms with van der Waals surface area (Å²) in [4.78, 5) is 39.8. The molecule has 30 heavy (non-hydrogen) atoms. The first-order chi connectivity index (χ1) is 14.6. The van der Waals surface area contributed by atoms with Gasteiger partial charge in [0.1, 0.15) is 5.76 Å². The standard InChI is InChI=1S/C21H28N4O5/c26-6-5-22-19(27)13-9-14(13)21(29)25-10-11-7-15(16(25)8-11)23-20(28)18-12-3-1-2-4-17(12)30-24-18/h11,13-16,26H,1-10H2,(H,22,27)(H,23,28)/t11-,13-,14+,15-,16-/m1/s1. The third-order valence-electron chi connectivity index (χ3n) is 7.10. The summed E-state index contributed by atoms with van der Waals surface area (Å²) in [6.07, 6.45) is 6.08. The normalized spacial score (nSPS) is 31.4. The number of carbonyl (C=O) groups is 3. The number of aliphatic hydroxyl groups excluding tert-OH is 1. The highest BCUT2D eigenvalue weighted by Crippen LogP contribution is 2.45. The second kappa shape index (κ2) is 7.68. The van der Waals surface area contributed by atoms with Crippen LogP contribution < -0.4 is 10.6 Å². The fourth-order valence-corrected chi connectivity index (χ4v) is 5.51. The zero-order chi connectivity index (χ0) is 20.8. The van der Waals surface area contributed by atoms with Crippen molar-refractivity contribution in [2.75, 3.05) is 19.7 Å². The van der Waals surface area contributed by atoms with Crippen molar-refractivity contribution in [2.24, 2.45) is 17.8 Å². The fraction of sp³-hybridized carbons (Fsp3) is 0.714. The van der Waals surface area contributed by atoms with Gasteiger partial charge < -0.3 is 25.2 Å². The SMILES string of the molecule is O=C(N[C@@H]1C[C@@H]2C[C@H]1N(C(=O)[C@H]1C[C@H]1C(=O)NCCO)C2)c1noc2c1CCCC2. The Labute approximate surface area is 174 Å². The molecule has 0 aromatic carbocycles. The Morgan fingerprint density at radius 1 is 1.13 bits per heavy atom. The van der Waals surface area contributed by atoms with Gasteiger partial charge in [0.05, 0.1) is 24.5 Å². The number of carbonyl (C=O) groups excluding carboxylic acids is 3. The number of amides is 3. The second-order valence-corrected chi connectivity index (χ2v) is 9.08. The van der Waals surface area contributed by atoms with Crippen LogP contribution in [0.25, 0.3) is 0 Å². The lowest BCUT2D eigenvalue weighted by Gasteiger charge is -2.34. The summed E-state index contributed by atoms with van der Waals surface area (Å²) in [7, 11) is 0. The molecule has 3 aliphatic carbocycles. The molecule has 2 saturated carbocycles. The topological polar surface area (TPSA) is 125 Å². The Morgan fingerprint density at radius 3 is 2.77 bits per heavy atom. The van der Waals surface area contributed by atoms with Crippen LogP contribution in [0.5, 0.6) is 0 Å². The molecule has 1 saturated heterocycles. The predicted molar refractivity (Wildman–Crippen MR) is 104 cm³/mol. The van der Waals surface area contributed by atoms with Gasteiger partial charge in [0.2, 0.25) is 11.8 Å². The van der Waals surface area contributed by atoms with E-state index in [1.807, 2.05) is 4.90 Å². The maximum atomic E-state index is 13.0. The van der Waals surface area contributed by atoms with Crippen LogP contribution in [-0.2, 0) is 22.4 Å². The number of fused-ring (bicyclic) bond motifs is 3. The number of nitrogens with zero attached hydrogens (tertiary/aromatic N) is 2. The average Bonchev–Trinajstić information content (AvgIpc) is 3.08. The molecule has 0 radical (unpaired) electrons. The highest BCUT2D eigenvalue weighted by molar-refractivity contribution is 5.95. The lowest BCUT2D eigenvalue weighted by atomic mass is 9.96. The zero-order valence-corrected chi connectivity index (χ0v) is 16.9. The smallest absolute Gasteiger partial charge is 0.274 e. The molecule has 162 valence electrons. The van der Waals surface area contributed by atoms with Crippen molar-refractivity contribution < 1.29 is 24.0 Å². The predicted octanol–water partition coefficient (Wildman–Crippen LogP) is 0.0172. The number of hydrogen-bond acceptors (Lipinski definition) is 6. The van der Waals surface area contributed by atoms with E-state index in [0.717, 1.165) is 49.8 Å². The van der Waals surface area contributed by atoms with Gasteiger partial charge in [-0.05, 0) is 44.4 Å². The Balaban J connectivity index is 1.21. The van der Waals surface area contributed by atoms with Crippen molar-refractivity contribution in [1.82, 2.24) is 20.7 Å². The second-order valence-electron chi connectivity index (χ2n) is 9.08. The summed E-state index contributed by atoms with van der Waals surface area (Å²) in [5, 5.41) is 18.6. The van der Waals surface area contributed by atoms with Crippen LogP contribution in [0.15, 0.2) is 4.52 Å². The van der Waals surface area contributed by atoms with Gasteiger partial charge in [-0.25, -0.2) is 0 Å². The molecule has 1 aromatic heterocycles. The minimum absolute atomic E-state index is 0.0177. The van der Waals surface area contributed by atoms with Gasteiger partial charge >= 0.3 is 0 Å². The summed E-state index contributed by atoms with van der Waals surface area (Å²) >= 11 is 0. The number of aliphatic hydroxyl groups is 1. The monoisotopic (exact) mass is 416 g/mol. The molecule has 4 aliphatic rings. The molecular weight excluding hydrogens is 388 g/mol. The van der Waals surface area contributed by atoms with Crippen molar-refractivity contribution >= 4 is 17.7 Å². The van der Waals surface area contributed by atoms with Gasteiger partial charge in [0.15, 0.2) is 5.69 Å². The third kappa shape index (κ3) is 3.38. The molecule has 3 amide bonds. The maximum absolute atomic E-state index is 13.0. The van der Waals surface area contributed by atoms with E-state index >= 15 is 0 Å². The van der Waals surface area contributed by atoms with Gasteiger partial charge in [-0.2, -0.15) is 0 Å². The number of likely N-dealkylation sites (tertiary alicyclic amines) is 1. The molecule has 1 aromatic rings. The number of piperidine rings is 1. The highest BCUT2D eigenvalue weighted by atomic mass is 16.5. The number of aryl methyl sites for hydroxylation is 1. The van der Waals surface area contributed by atoms with Crippen molar-refractivity contribution in [1.29, 1.82) is 0 Å². The Morgan fingerprint density at radius 2 is 1.97 bits per heavy atom. The van der Waals surface area contributed by atoms with Crippen LogP contribution >= 0.6 is 0 Å². The molecule has 5 atom stereocenters. The first-order valence-corrected chi connectivity index (χ1v) is 11.0. The van der Waals surface area contributed by atoms with Crippen LogP contribution in [0.3, 0.4) is 0 Å². The largest absolute Gasteiger partial charge is 0.395 e. The Bertz CT molecular complexity index is 868. The Kier molecular flexibility index (Phi) is 5.00. The minimum Gasteiger partial charge on any atom is -0.395 e. The van der Waals surface area contributed by atoms with E-state index in [9.17, 15) is 14.4 Å². The number of aromatic nitrogens is 1. The van der Waals surface area contributed by atoms with E-state index in [0.29, 0.717) is 24.6 Å². The van der Waals surface area contributed by atoms with E-state index in [1.54, 1.807) is 0 Å². The van der Waals surface area contributed by atoms with Crippen molar-refractivity contribution in [3.8, 4) is 0 Å². The summed E-state index contributed by atoms with van der Waals surface area (Å²) < 4.78 is 5.37. The summed E-state index contributed by atoms with van der Waals surface area (Å²) in [6, 6.07) is -0.104. The molecule has 9 nitrogen and oxygen atoms in total.